The van der Waals surface area contributed by atoms with Gasteiger partial charge in [0.15, 0.2) is 0 Å². The van der Waals surface area contributed by atoms with Crippen molar-refractivity contribution in [3.05, 3.63) is 29.8 Å². The molecule has 0 spiro atoms. The Bertz CT molecular complexity index is 677. The van der Waals surface area contributed by atoms with Gasteiger partial charge in [-0.3, -0.25) is 4.79 Å². The number of phenolic OH excluding ortho intramolecular Hbond substituents is 1. The van der Waals surface area contributed by atoms with Crippen molar-refractivity contribution in [2.24, 2.45) is 17.8 Å². The third-order valence-electron chi connectivity index (χ3n) is 7.66. The number of carbonyl (C=O) groups excluding carboxylic acids is 1. The summed E-state index contributed by atoms with van der Waals surface area (Å²) in [4.78, 5) is 15.3. The van der Waals surface area contributed by atoms with Gasteiger partial charge in [0.2, 0.25) is 5.91 Å². The molecule has 33 heavy (non-hydrogen) atoms. The summed E-state index contributed by atoms with van der Waals surface area (Å²) < 4.78 is 0. The number of unbranched alkanes of at least 4 members (excludes halogenated alkanes) is 1. The molecule has 3 N–H and O–H groups in total. The molecule has 1 atom stereocenters. The summed E-state index contributed by atoms with van der Waals surface area (Å²) in [6.45, 7) is 10.5. The van der Waals surface area contributed by atoms with E-state index in [0.29, 0.717) is 5.92 Å². The van der Waals surface area contributed by atoms with Gasteiger partial charge in [0.05, 0.1) is 5.92 Å². The first kappa shape index (κ1) is 26.0. The summed E-state index contributed by atoms with van der Waals surface area (Å²) in [5, 5.41) is 16.9. The second-order valence-corrected chi connectivity index (χ2v) is 10.7. The lowest BCUT2D eigenvalue weighted by Gasteiger charge is -2.35. The average molecular weight is 458 g/mol. The summed E-state index contributed by atoms with van der Waals surface area (Å²) in [7, 11) is 0. The van der Waals surface area contributed by atoms with Crippen LogP contribution in [-0.2, 0) is 4.79 Å². The van der Waals surface area contributed by atoms with Crippen LogP contribution < -0.4 is 10.6 Å². The SMILES string of the molecule is CC(C)C(C(=O)N1CCC(CNCCCCNCC2CCCCC2)CC1)c1ccc(O)cc1. The molecule has 1 aliphatic heterocycles. The Morgan fingerprint density at radius 2 is 1.45 bits per heavy atom. The second-order valence-electron chi connectivity index (χ2n) is 10.7. The van der Waals surface area contributed by atoms with Crippen molar-refractivity contribution in [3.63, 3.8) is 0 Å². The molecule has 0 bridgehead atoms. The Balaban J connectivity index is 1.27. The summed E-state index contributed by atoms with van der Waals surface area (Å²) in [6.07, 6.45) is 11.8. The molecule has 1 saturated carbocycles. The minimum Gasteiger partial charge on any atom is -0.508 e. The van der Waals surface area contributed by atoms with E-state index in [1.807, 2.05) is 12.1 Å². The number of nitrogens with one attached hydrogen (secondary N) is 2. The molecule has 1 aromatic rings. The van der Waals surface area contributed by atoms with Gasteiger partial charge in [-0.05, 0) is 100 Å². The molecular formula is C28H47N3O2. The third kappa shape index (κ3) is 8.60. The highest BCUT2D eigenvalue weighted by Gasteiger charge is 2.31. The topological polar surface area (TPSA) is 64.6 Å². The van der Waals surface area contributed by atoms with Crippen molar-refractivity contribution in [2.45, 2.75) is 77.6 Å². The number of benzene rings is 1. The van der Waals surface area contributed by atoms with E-state index in [-0.39, 0.29) is 23.5 Å². The van der Waals surface area contributed by atoms with Crippen LogP contribution in [-0.4, -0.2) is 55.2 Å². The molecule has 5 heteroatoms. The molecule has 2 aliphatic rings. The lowest BCUT2D eigenvalue weighted by Crippen LogP contribution is -2.43. The Morgan fingerprint density at radius 3 is 2.00 bits per heavy atom. The number of nitrogens with zero attached hydrogens (tertiary/aromatic N) is 1. The predicted molar refractivity (Wildman–Crippen MR) is 137 cm³/mol. The molecule has 1 aliphatic carbocycles. The minimum atomic E-state index is -0.132. The number of likely N-dealkylation sites (tertiary alicyclic amines) is 1. The highest BCUT2D eigenvalue weighted by atomic mass is 16.3. The highest BCUT2D eigenvalue weighted by Crippen LogP contribution is 2.30. The van der Waals surface area contributed by atoms with Crippen molar-refractivity contribution in [3.8, 4) is 5.75 Å². The van der Waals surface area contributed by atoms with Crippen LogP contribution in [0.25, 0.3) is 0 Å². The van der Waals surface area contributed by atoms with Gasteiger partial charge in [0.1, 0.15) is 5.75 Å². The summed E-state index contributed by atoms with van der Waals surface area (Å²) in [5.74, 6) is 2.18. The number of phenols is 1. The fraction of sp³-hybridized carbons (Fsp3) is 0.750. The molecule has 1 saturated heterocycles. The average Bonchev–Trinajstić information content (AvgIpc) is 2.83. The standard InChI is InChI=1S/C28H47N3O2/c1-22(2)27(25-10-12-26(32)13-11-25)28(33)31-18-14-24(15-19-31)21-30-17-7-6-16-29-20-23-8-4-3-5-9-23/h10-13,22-24,27,29-30,32H,3-9,14-21H2,1-2H3. The van der Waals surface area contributed by atoms with E-state index >= 15 is 0 Å². The lowest BCUT2D eigenvalue weighted by atomic mass is 9.86. The molecule has 0 radical (unpaired) electrons. The van der Waals surface area contributed by atoms with Crippen LogP contribution in [0.3, 0.4) is 0 Å². The molecule has 2 fully saturated rings. The normalized spacial score (nSPS) is 19.2. The maximum absolute atomic E-state index is 13.3. The molecular weight excluding hydrogens is 410 g/mol. The zero-order chi connectivity index (χ0) is 23.5. The first-order chi connectivity index (χ1) is 16.0. The van der Waals surface area contributed by atoms with Gasteiger partial charge in [0, 0.05) is 13.1 Å². The van der Waals surface area contributed by atoms with Crippen molar-refractivity contribution in [1.82, 2.24) is 15.5 Å². The molecule has 1 unspecified atom stereocenters. The third-order valence-corrected chi connectivity index (χ3v) is 7.66. The van der Waals surface area contributed by atoms with Gasteiger partial charge in [0.25, 0.3) is 0 Å². The van der Waals surface area contributed by atoms with Gasteiger partial charge in [-0.25, -0.2) is 0 Å². The second kappa shape index (κ2) is 14.0. The summed E-state index contributed by atoms with van der Waals surface area (Å²) in [6, 6.07) is 7.14. The van der Waals surface area contributed by atoms with E-state index in [4.69, 9.17) is 0 Å². The molecule has 1 amide bonds. The van der Waals surface area contributed by atoms with E-state index in [1.165, 1.54) is 51.5 Å². The monoisotopic (exact) mass is 457 g/mol. The zero-order valence-corrected chi connectivity index (χ0v) is 21.0. The fourth-order valence-electron chi connectivity index (χ4n) is 5.55. The maximum Gasteiger partial charge on any atom is 0.230 e. The number of rotatable bonds is 12. The first-order valence-corrected chi connectivity index (χ1v) is 13.5. The van der Waals surface area contributed by atoms with Crippen molar-refractivity contribution < 1.29 is 9.90 Å². The molecule has 0 aromatic heterocycles. The number of piperidine rings is 1. The maximum atomic E-state index is 13.3. The van der Waals surface area contributed by atoms with E-state index < -0.39 is 0 Å². The van der Waals surface area contributed by atoms with Crippen molar-refractivity contribution in [1.29, 1.82) is 0 Å². The van der Waals surface area contributed by atoms with Crippen LogP contribution in [0, 0.1) is 17.8 Å². The van der Waals surface area contributed by atoms with E-state index in [1.54, 1.807) is 12.1 Å². The van der Waals surface area contributed by atoms with Crippen LogP contribution in [0.15, 0.2) is 24.3 Å². The predicted octanol–water partition coefficient (Wildman–Crippen LogP) is 4.91. The number of hydrogen-bond donors (Lipinski definition) is 3. The molecule has 1 heterocycles. The van der Waals surface area contributed by atoms with Gasteiger partial charge in [-0.15, -0.1) is 0 Å². The van der Waals surface area contributed by atoms with Gasteiger partial charge in [-0.1, -0.05) is 45.2 Å². The molecule has 3 rings (SSSR count). The van der Waals surface area contributed by atoms with Crippen LogP contribution in [0.2, 0.25) is 0 Å². The number of aromatic hydroxyl groups is 1. The van der Waals surface area contributed by atoms with Gasteiger partial charge >= 0.3 is 0 Å². The Labute approximate surface area is 201 Å². The van der Waals surface area contributed by atoms with Crippen molar-refractivity contribution in [2.75, 3.05) is 39.3 Å². The largest absolute Gasteiger partial charge is 0.508 e. The molecule has 1 aromatic carbocycles. The lowest BCUT2D eigenvalue weighted by molar-refractivity contribution is -0.135. The highest BCUT2D eigenvalue weighted by molar-refractivity contribution is 5.84. The van der Waals surface area contributed by atoms with E-state index in [2.05, 4.69) is 29.4 Å². The van der Waals surface area contributed by atoms with E-state index in [0.717, 1.165) is 57.0 Å². The Hall–Kier alpha value is -1.59. The first-order valence-electron chi connectivity index (χ1n) is 13.5. The van der Waals surface area contributed by atoms with Crippen LogP contribution >= 0.6 is 0 Å². The van der Waals surface area contributed by atoms with Gasteiger partial charge < -0.3 is 20.6 Å². The smallest absolute Gasteiger partial charge is 0.230 e. The van der Waals surface area contributed by atoms with Crippen LogP contribution in [0.1, 0.15) is 83.1 Å². The van der Waals surface area contributed by atoms with Crippen molar-refractivity contribution >= 4 is 5.91 Å². The van der Waals surface area contributed by atoms with E-state index in [9.17, 15) is 9.90 Å². The number of hydrogen-bond acceptors (Lipinski definition) is 4. The fourth-order valence-corrected chi connectivity index (χ4v) is 5.55. The summed E-state index contributed by atoms with van der Waals surface area (Å²) in [5.41, 5.74) is 1.00. The molecule has 5 nitrogen and oxygen atoms in total. The molecule has 186 valence electrons. The summed E-state index contributed by atoms with van der Waals surface area (Å²) >= 11 is 0. The Morgan fingerprint density at radius 1 is 0.909 bits per heavy atom. The quantitative estimate of drug-likeness (QED) is 0.390. The minimum absolute atomic E-state index is 0.132. The van der Waals surface area contributed by atoms with Gasteiger partial charge in [-0.2, -0.15) is 0 Å². The van der Waals surface area contributed by atoms with Crippen LogP contribution in [0.5, 0.6) is 5.75 Å². The van der Waals surface area contributed by atoms with Crippen LogP contribution in [0.4, 0.5) is 0 Å². The zero-order valence-electron chi connectivity index (χ0n) is 21.0. The number of amides is 1. The Kier molecular flexibility index (Phi) is 11.0. The number of carbonyl (C=O) groups is 1.